The molecule has 12 nitrogen and oxygen atoms in total. The van der Waals surface area contributed by atoms with E-state index in [1.807, 2.05) is 6.08 Å². The Balaban J connectivity index is 2.69. The molecule has 1 heterocycles. The summed E-state index contributed by atoms with van der Waals surface area (Å²) < 4.78 is 28.5. The minimum absolute atomic E-state index is 0.0501. The highest BCUT2D eigenvalue weighted by Crippen LogP contribution is 2.27. The molecule has 1 rings (SSSR count). The number of ether oxygens (including phenoxy) is 5. The number of carbonyl (C=O) groups excluding carboxylic acids is 3. The molecule has 81 heavy (non-hydrogen) atoms. The predicted molar refractivity (Wildman–Crippen MR) is 331 cm³/mol. The fraction of sp³-hybridized carbons (Fsp3) is 0.768. The molecule has 1 fully saturated rings. The smallest absolute Gasteiger partial charge is 0.335 e. The van der Waals surface area contributed by atoms with E-state index in [4.69, 9.17) is 23.7 Å². The molecule has 1 aliphatic heterocycles. The van der Waals surface area contributed by atoms with E-state index in [1.165, 1.54) is 141 Å². The summed E-state index contributed by atoms with van der Waals surface area (Å²) in [6, 6.07) is 0. The fourth-order valence-electron chi connectivity index (χ4n) is 9.75. The molecule has 12 heteroatoms. The molecule has 0 aromatic carbocycles. The van der Waals surface area contributed by atoms with Crippen molar-refractivity contribution < 1.29 is 58.2 Å². The van der Waals surface area contributed by atoms with Gasteiger partial charge in [0.05, 0.1) is 6.61 Å². The molecule has 1 aliphatic rings. The van der Waals surface area contributed by atoms with Crippen molar-refractivity contribution in [1.29, 1.82) is 0 Å². The Morgan fingerprint density at radius 1 is 0.420 bits per heavy atom. The van der Waals surface area contributed by atoms with Crippen molar-refractivity contribution in [2.75, 3.05) is 13.2 Å². The highest BCUT2D eigenvalue weighted by molar-refractivity contribution is 5.74. The number of hydrogen-bond donors (Lipinski definition) is 3. The lowest BCUT2D eigenvalue weighted by Crippen LogP contribution is -2.61. The van der Waals surface area contributed by atoms with Crippen molar-refractivity contribution in [2.24, 2.45) is 0 Å². The van der Waals surface area contributed by atoms with Crippen LogP contribution in [-0.4, -0.2) is 89.2 Å². The van der Waals surface area contributed by atoms with Crippen molar-refractivity contribution >= 4 is 23.9 Å². The minimum atomic E-state index is -1.91. The van der Waals surface area contributed by atoms with Gasteiger partial charge in [0, 0.05) is 19.3 Å². The number of aliphatic hydroxyl groups is 2. The molecule has 0 radical (unpaired) electrons. The van der Waals surface area contributed by atoms with Gasteiger partial charge >= 0.3 is 23.9 Å². The van der Waals surface area contributed by atoms with Crippen LogP contribution >= 0.6 is 0 Å². The lowest BCUT2D eigenvalue weighted by molar-refractivity contribution is -0.301. The number of carbonyl (C=O) groups is 4. The zero-order valence-electron chi connectivity index (χ0n) is 51.5. The Morgan fingerprint density at radius 2 is 0.790 bits per heavy atom. The number of carboxylic acid groups (broad SMARTS) is 1. The van der Waals surface area contributed by atoms with Crippen molar-refractivity contribution in [1.82, 2.24) is 0 Å². The van der Waals surface area contributed by atoms with Gasteiger partial charge in [-0.25, -0.2) is 4.79 Å². The third-order valence-corrected chi connectivity index (χ3v) is 14.8. The summed E-state index contributed by atoms with van der Waals surface area (Å²) >= 11 is 0. The first-order chi connectivity index (χ1) is 39.6. The Bertz CT molecular complexity index is 1680. The number of carboxylic acids is 1. The lowest BCUT2D eigenvalue weighted by atomic mass is 9.98. The number of aliphatic carboxylic acids is 1. The first-order valence-corrected chi connectivity index (χ1v) is 32.9. The monoisotopic (exact) mass is 1140 g/mol. The maximum absolute atomic E-state index is 13.2. The van der Waals surface area contributed by atoms with Gasteiger partial charge in [-0.1, -0.05) is 261 Å². The number of esters is 3. The molecule has 0 amide bonds. The summed E-state index contributed by atoms with van der Waals surface area (Å²) in [5.74, 6) is -3.18. The van der Waals surface area contributed by atoms with Crippen LogP contribution in [0.25, 0.3) is 0 Å². The van der Waals surface area contributed by atoms with Crippen molar-refractivity contribution in [3.05, 3.63) is 72.9 Å². The summed E-state index contributed by atoms with van der Waals surface area (Å²) in [6.45, 7) is 5.87. The van der Waals surface area contributed by atoms with Crippen LogP contribution in [0.15, 0.2) is 72.9 Å². The highest BCUT2D eigenvalue weighted by atomic mass is 16.7. The molecule has 466 valence electrons. The fourth-order valence-corrected chi connectivity index (χ4v) is 9.75. The quantitative estimate of drug-likeness (QED) is 0.0228. The number of hydrogen-bond acceptors (Lipinski definition) is 11. The number of allylic oxidation sites excluding steroid dienone is 12. The summed E-state index contributed by atoms with van der Waals surface area (Å²) in [5.41, 5.74) is 0. The van der Waals surface area contributed by atoms with Gasteiger partial charge in [-0.15, -0.1) is 0 Å². The normalized spacial score (nSPS) is 18.2. The topological polar surface area (TPSA) is 175 Å². The van der Waals surface area contributed by atoms with Crippen molar-refractivity contribution in [2.45, 2.75) is 327 Å². The van der Waals surface area contributed by atoms with Gasteiger partial charge in [-0.05, 0) is 83.5 Å². The van der Waals surface area contributed by atoms with Gasteiger partial charge in [0.15, 0.2) is 24.6 Å². The van der Waals surface area contributed by atoms with Crippen LogP contribution < -0.4 is 0 Å². The zero-order valence-corrected chi connectivity index (χ0v) is 51.5. The maximum Gasteiger partial charge on any atom is 0.335 e. The Hall–Kier alpha value is -3.84. The van der Waals surface area contributed by atoms with E-state index >= 15 is 0 Å². The number of aliphatic hydroxyl groups excluding tert-OH is 2. The average Bonchev–Trinajstić information content (AvgIpc) is 3.53. The van der Waals surface area contributed by atoms with E-state index in [0.717, 1.165) is 83.5 Å². The summed E-state index contributed by atoms with van der Waals surface area (Å²) in [7, 11) is 0. The van der Waals surface area contributed by atoms with Crippen LogP contribution in [0, 0.1) is 0 Å². The SMILES string of the molecule is CC/C=C\C/C=C\C/C=C\C/C=C\C/C=C\CCCC(=O)OCC(COC1OC(C(=O)O)C(O)C(O)C1OC(=O)CCCCCCCCC/C=C\CCCCCCCC)OC(=O)CCCCCCCCCCCCCCCCCCC. The molecule has 0 aromatic rings. The molecular weight excluding hydrogens is 1020 g/mol. The molecule has 0 aromatic heterocycles. The molecule has 0 spiro atoms. The predicted octanol–water partition coefficient (Wildman–Crippen LogP) is 17.7. The molecule has 1 saturated heterocycles. The molecule has 6 unspecified atom stereocenters. The highest BCUT2D eigenvalue weighted by Gasteiger charge is 2.50. The third kappa shape index (κ3) is 46.3. The Kier molecular flexibility index (Phi) is 52.6. The van der Waals surface area contributed by atoms with E-state index < -0.39 is 67.3 Å². The Labute approximate surface area is 493 Å². The van der Waals surface area contributed by atoms with E-state index in [2.05, 4.69) is 87.6 Å². The third-order valence-electron chi connectivity index (χ3n) is 14.8. The van der Waals surface area contributed by atoms with Gasteiger partial charge in [0.25, 0.3) is 0 Å². The van der Waals surface area contributed by atoms with Crippen LogP contribution in [0.5, 0.6) is 0 Å². The lowest BCUT2D eigenvalue weighted by Gasteiger charge is -2.40. The van der Waals surface area contributed by atoms with Crippen molar-refractivity contribution in [3.63, 3.8) is 0 Å². The number of unbranched alkanes of at least 4 members (excludes halogenated alkanes) is 30. The molecule has 6 atom stereocenters. The van der Waals surface area contributed by atoms with E-state index in [0.29, 0.717) is 25.7 Å². The van der Waals surface area contributed by atoms with E-state index in [9.17, 15) is 34.5 Å². The van der Waals surface area contributed by atoms with Gasteiger partial charge < -0.3 is 39.0 Å². The first kappa shape index (κ1) is 75.2. The van der Waals surface area contributed by atoms with E-state index in [1.54, 1.807) is 0 Å². The standard InChI is InChI=1S/C69H118O12/c1-4-7-10-13-16-19-22-25-28-31-34-37-40-43-46-49-52-55-61(70)77-58-60(79-62(71)56-53-50-47-44-41-38-35-32-29-26-23-20-17-14-11-8-5-2)59-78-69-67(65(74)64(73)66(81-69)68(75)76)80-63(72)57-54-51-48-45-42-39-36-33-30-27-24-21-18-15-12-9-6-3/h7,10,16,19,25,27-28,30,34,37,43,46,60,64-67,69,73-74H,4-6,8-9,11-15,17-18,20-24,26,29,31-33,35-36,38-42,44-45,47-59H2,1-3H3,(H,75,76)/b10-7-,19-16-,28-25-,30-27-,37-34-,46-43-. The Morgan fingerprint density at radius 3 is 1.23 bits per heavy atom. The van der Waals surface area contributed by atoms with Crippen molar-refractivity contribution in [3.8, 4) is 0 Å². The average molecular weight is 1140 g/mol. The van der Waals surface area contributed by atoms with Crippen LogP contribution in [0.1, 0.15) is 290 Å². The number of rotatable bonds is 56. The second-order valence-electron chi connectivity index (χ2n) is 22.4. The molecule has 0 aliphatic carbocycles. The van der Waals surface area contributed by atoms with E-state index in [-0.39, 0.29) is 25.9 Å². The molecule has 0 bridgehead atoms. The largest absolute Gasteiger partial charge is 0.479 e. The van der Waals surface area contributed by atoms with Crippen LogP contribution in [-0.2, 0) is 42.9 Å². The second kappa shape index (κ2) is 56.6. The van der Waals surface area contributed by atoms with Gasteiger partial charge in [-0.3, -0.25) is 14.4 Å². The summed E-state index contributed by atoms with van der Waals surface area (Å²) in [4.78, 5) is 51.3. The van der Waals surface area contributed by atoms with Crippen LogP contribution in [0.2, 0.25) is 0 Å². The van der Waals surface area contributed by atoms with Gasteiger partial charge in [0.2, 0.25) is 0 Å². The van der Waals surface area contributed by atoms with Gasteiger partial charge in [-0.2, -0.15) is 0 Å². The second-order valence-corrected chi connectivity index (χ2v) is 22.4. The summed E-state index contributed by atoms with van der Waals surface area (Å²) in [6.07, 6.45) is 60.1. The maximum atomic E-state index is 13.2. The molecule has 3 N–H and O–H groups in total. The first-order valence-electron chi connectivity index (χ1n) is 32.9. The minimum Gasteiger partial charge on any atom is -0.479 e. The summed E-state index contributed by atoms with van der Waals surface area (Å²) in [5, 5.41) is 31.6. The van der Waals surface area contributed by atoms with Crippen LogP contribution in [0.4, 0.5) is 0 Å². The van der Waals surface area contributed by atoms with Crippen LogP contribution in [0.3, 0.4) is 0 Å². The molecular formula is C69H118O12. The van der Waals surface area contributed by atoms with Gasteiger partial charge in [0.1, 0.15) is 18.8 Å². The molecule has 0 saturated carbocycles. The zero-order chi connectivity index (χ0) is 58.9.